The summed E-state index contributed by atoms with van der Waals surface area (Å²) in [5.41, 5.74) is 0.248. The molecule has 1 amide bonds. The molecule has 1 heterocycles. The van der Waals surface area contributed by atoms with Gasteiger partial charge in [-0.3, -0.25) is 4.79 Å². The molecule has 0 aliphatic rings. The molecule has 1 aromatic carbocycles. The minimum absolute atomic E-state index is 0.0420. The van der Waals surface area contributed by atoms with Gasteiger partial charge >= 0.3 is 0 Å². The van der Waals surface area contributed by atoms with Crippen molar-refractivity contribution >= 4 is 17.4 Å². The van der Waals surface area contributed by atoms with Gasteiger partial charge < -0.3 is 10.6 Å². The third kappa shape index (κ3) is 3.97. The van der Waals surface area contributed by atoms with E-state index in [9.17, 15) is 13.6 Å². The van der Waals surface area contributed by atoms with E-state index in [1.54, 1.807) is 0 Å². The van der Waals surface area contributed by atoms with E-state index in [1.807, 2.05) is 13.8 Å². The second-order valence-electron chi connectivity index (χ2n) is 4.84. The Balaban J connectivity index is 2.07. The van der Waals surface area contributed by atoms with Crippen LogP contribution in [-0.2, 0) is 0 Å². The van der Waals surface area contributed by atoms with Gasteiger partial charge in [-0.05, 0) is 37.6 Å². The monoisotopic (exact) mass is 306 g/mol. The number of benzene rings is 1. The Morgan fingerprint density at radius 2 is 2.00 bits per heavy atom. The van der Waals surface area contributed by atoms with Gasteiger partial charge in [0.05, 0.1) is 5.69 Å². The van der Waals surface area contributed by atoms with Crippen LogP contribution in [0.2, 0.25) is 0 Å². The lowest BCUT2D eigenvalue weighted by Gasteiger charge is -2.11. The van der Waals surface area contributed by atoms with E-state index >= 15 is 0 Å². The van der Waals surface area contributed by atoms with E-state index in [0.29, 0.717) is 0 Å². The molecule has 0 bridgehead atoms. The molecule has 1 aromatic heterocycles. The highest BCUT2D eigenvalue weighted by Gasteiger charge is 2.11. The van der Waals surface area contributed by atoms with Gasteiger partial charge in [0.15, 0.2) is 11.5 Å². The molecule has 5 nitrogen and oxygen atoms in total. The standard InChI is InChI=1S/C15H16F2N4O/c1-3-9(2)18-15(22)13-6-7-14(21-20-13)19-12-5-4-10(16)8-11(12)17/h4-9H,3H2,1-2H3,(H,18,22)(H,19,21). The Morgan fingerprint density at radius 1 is 1.23 bits per heavy atom. The maximum atomic E-state index is 13.5. The lowest BCUT2D eigenvalue weighted by atomic mass is 10.2. The van der Waals surface area contributed by atoms with E-state index in [2.05, 4.69) is 20.8 Å². The van der Waals surface area contributed by atoms with Crippen molar-refractivity contribution in [2.75, 3.05) is 5.32 Å². The third-order valence-corrected chi connectivity index (χ3v) is 3.08. The van der Waals surface area contributed by atoms with E-state index in [-0.39, 0.29) is 29.1 Å². The van der Waals surface area contributed by atoms with Crippen molar-refractivity contribution in [3.05, 3.63) is 47.7 Å². The Bertz CT molecular complexity index is 661. The number of hydrogen-bond donors (Lipinski definition) is 2. The summed E-state index contributed by atoms with van der Waals surface area (Å²) in [6.07, 6.45) is 0.808. The van der Waals surface area contributed by atoms with Gasteiger partial charge in [-0.1, -0.05) is 6.92 Å². The van der Waals surface area contributed by atoms with E-state index < -0.39 is 11.6 Å². The summed E-state index contributed by atoms with van der Waals surface area (Å²) in [5, 5.41) is 13.0. The van der Waals surface area contributed by atoms with Crippen LogP contribution in [0.15, 0.2) is 30.3 Å². The molecule has 116 valence electrons. The maximum absolute atomic E-state index is 13.5. The molecule has 0 saturated heterocycles. The van der Waals surface area contributed by atoms with Crippen LogP contribution >= 0.6 is 0 Å². The lowest BCUT2D eigenvalue weighted by Crippen LogP contribution is -2.32. The molecule has 0 aliphatic heterocycles. The molecule has 1 atom stereocenters. The number of halogens is 2. The number of rotatable bonds is 5. The highest BCUT2D eigenvalue weighted by Crippen LogP contribution is 2.18. The van der Waals surface area contributed by atoms with Crippen molar-refractivity contribution < 1.29 is 13.6 Å². The lowest BCUT2D eigenvalue weighted by molar-refractivity contribution is 0.0933. The van der Waals surface area contributed by atoms with Gasteiger partial charge in [0.2, 0.25) is 0 Å². The van der Waals surface area contributed by atoms with Crippen LogP contribution in [-0.4, -0.2) is 22.1 Å². The summed E-state index contributed by atoms with van der Waals surface area (Å²) in [6, 6.07) is 6.18. The van der Waals surface area contributed by atoms with Crippen LogP contribution in [0.3, 0.4) is 0 Å². The molecule has 0 spiro atoms. The largest absolute Gasteiger partial charge is 0.348 e. The molecule has 0 saturated carbocycles. The Kier molecular flexibility index (Phi) is 4.98. The number of amides is 1. The first-order chi connectivity index (χ1) is 10.5. The quantitative estimate of drug-likeness (QED) is 0.891. The highest BCUT2D eigenvalue weighted by atomic mass is 19.1. The van der Waals surface area contributed by atoms with Gasteiger partial charge in [0, 0.05) is 12.1 Å². The first-order valence-electron chi connectivity index (χ1n) is 6.86. The molecule has 22 heavy (non-hydrogen) atoms. The van der Waals surface area contributed by atoms with Crippen molar-refractivity contribution in [1.29, 1.82) is 0 Å². The number of hydrogen-bond acceptors (Lipinski definition) is 4. The molecular formula is C15H16F2N4O. The maximum Gasteiger partial charge on any atom is 0.272 e. The summed E-state index contributed by atoms with van der Waals surface area (Å²) in [6.45, 7) is 3.85. The van der Waals surface area contributed by atoms with Crippen LogP contribution < -0.4 is 10.6 Å². The van der Waals surface area contributed by atoms with E-state index in [0.717, 1.165) is 18.6 Å². The summed E-state index contributed by atoms with van der Waals surface area (Å²) >= 11 is 0. The molecule has 0 radical (unpaired) electrons. The number of carbonyl (C=O) groups is 1. The summed E-state index contributed by atoms with van der Waals surface area (Å²) in [5.74, 6) is -1.46. The van der Waals surface area contributed by atoms with Gasteiger partial charge in [-0.15, -0.1) is 10.2 Å². The van der Waals surface area contributed by atoms with Crippen molar-refractivity contribution in [3.8, 4) is 0 Å². The zero-order valence-corrected chi connectivity index (χ0v) is 12.2. The fraction of sp³-hybridized carbons (Fsp3) is 0.267. The van der Waals surface area contributed by atoms with Crippen LogP contribution in [0, 0.1) is 11.6 Å². The van der Waals surface area contributed by atoms with Crippen LogP contribution in [0.5, 0.6) is 0 Å². The summed E-state index contributed by atoms with van der Waals surface area (Å²) in [7, 11) is 0. The van der Waals surface area contributed by atoms with Gasteiger partial charge in [0.25, 0.3) is 5.91 Å². The highest BCUT2D eigenvalue weighted by molar-refractivity contribution is 5.92. The molecule has 1 unspecified atom stereocenters. The molecule has 7 heteroatoms. The number of carbonyl (C=O) groups excluding carboxylic acids is 1. The van der Waals surface area contributed by atoms with Crippen molar-refractivity contribution in [2.45, 2.75) is 26.3 Å². The first-order valence-corrected chi connectivity index (χ1v) is 6.86. The van der Waals surface area contributed by atoms with Gasteiger partial charge in [0.1, 0.15) is 11.6 Å². The number of aromatic nitrogens is 2. The molecule has 0 fully saturated rings. The minimum Gasteiger partial charge on any atom is -0.348 e. The predicted molar refractivity (Wildman–Crippen MR) is 78.9 cm³/mol. The third-order valence-electron chi connectivity index (χ3n) is 3.08. The Hall–Kier alpha value is -2.57. The predicted octanol–water partition coefficient (Wildman–Crippen LogP) is 3.03. The molecular weight excluding hydrogens is 290 g/mol. The zero-order chi connectivity index (χ0) is 16.1. The topological polar surface area (TPSA) is 66.9 Å². The van der Waals surface area contributed by atoms with Crippen LogP contribution in [0.4, 0.5) is 20.3 Å². The first kappa shape index (κ1) is 15.8. The molecule has 2 N–H and O–H groups in total. The zero-order valence-electron chi connectivity index (χ0n) is 12.2. The second-order valence-corrected chi connectivity index (χ2v) is 4.84. The smallest absolute Gasteiger partial charge is 0.272 e. The fourth-order valence-electron chi connectivity index (χ4n) is 1.65. The van der Waals surface area contributed by atoms with Crippen molar-refractivity contribution in [3.63, 3.8) is 0 Å². The normalized spacial score (nSPS) is 11.8. The number of nitrogens with zero attached hydrogens (tertiary/aromatic N) is 2. The summed E-state index contributed by atoms with van der Waals surface area (Å²) < 4.78 is 26.3. The molecule has 0 aliphatic carbocycles. The average Bonchev–Trinajstić information content (AvgIpc) is 2.50. The number of nitrogens with one attached hydrogen (secondary N) is 2. The van der Waals surface area contributed by atoms with Gasteiger partial charge in [-0.25, -0.2) is 8.78 Å². The molecule has 2 rings (SSSR count). The molecule has 2 aromatic rings. The van der Waals surface area contributed by atoms with Gasteiger partial charge in [-0.2, -0.15) is 0 Å². The summed E-state index contributed by atoms with van der Waals surface area (Å²) in [4.78, 5) is 11.8. The van der Waals surface area contributed by atoms with E-state index in [1.165, 1.54) is 18.2 Å². The SMILES string of the molecule is CCC(C)NC(=O)c1ccc(Nc2ccc(F)cc2F)nn1. The van der Waals surface area contributed by atoms with Crippen LogP contribution in [0.1, 0.15) is 30.8 Å². The van der Waals surface area contributed by atoms with E-state index in [4.69, 9.17) is 0 Å². The van der Waals surface area contributed by atoms with Crippen molar-refractivity contribution in [2.24, 2.45) is 0 Å². The van der Waals surface area contributed by atoms with Crippen molar-refractivity contribution in [1.82, 2.24) is 15.5 Å². The second kappa shape index (κ2) is 6.93. The fourth-order valence-corrected chi connectivity index (χ4v) is 1.65. The van der Waals surface area contributed by atoms with Crippen LogP contribution in [0.25, 0.3) is 0 Å². The Labute approximate surface area is 126 Å². The minimum atomic E-state index is -0.736. The Morgan fingerprint density at radius 3 is 2.59 bits per heavy atom. The average molecular weight is 306 g/mol. The number of anilines is 2.